The van der Waals surface area contributed by atoms with E-state index in [1.807, 2.05) is 12.1 Å². The van der Waals surface area contributed by atoms with Crippen molar-refractivity contribution in [2.75, 3.05) is 20.3 Å². The molecule has 106 valence electrons. The summed E-state index contributed by atoms with van der Waals surface area (Å²) in [6, 6.07) is 6.55. The van der Waals surface area contributed by atoms with Crippen LogP contribution in [0.3, 0.4) is 0 Å². The molecule has 1 aliphatic rings. The van der Waals surface area contributed by atoms with Crippen LogP contribution in [0.1, 0.15) is 25.8 Å². The quantitative estimate of drug-likeness (QED) is 0.857. The molecule has 0 spiro atoms. The van der Waals surface area contributed by atoms with E-state index < -0.39 is 0 Å². The van der Waals surface area contributed by atoms with Crippen molar-refractivity contribution in [3.63, 3.8) is 0 Å². The fraction of sp³-hybridized carbons (Fsp3) is 0.600. The third-order valence-electron chi connectivity index (χ3n) is 3.12. The summed E-state index contributed by atoms with van der Waals surface area (Å²) in [5.41, 5.74) is 1.19. The van der Waals surface area contributed by atoms with Crippen LogP contribution in [0.15, 0.2) is 18.2 Å². The zero-order valence-corrected chi connectivity index (χ0v) is 11.9. The molecule has 4 heteroatoms. The molecule has 1 unspecified atom stereocenters. The van der Waals surface area contributed by atoms with Gasteiger partial charge in [0.2, 0.25) is 0 Å². The standard InChI is InChI=1S/C15H23NO3/c1-11(2)16-9-12-4-5-14(15(8-12)17-3)19-13-6-7-18-10-13/h4-5,8,11,13,16H,6-7,9-10H2,1-3H3. The van der Waals surface area contributed by atoms with Crippen LogP contribution in [0, 0.1) is 0 Å². The first kappa shape index (κ1) is 14.2. The van der Waals surface area contributed by atoms with Crippen LogP contribution in [-0.2, 0) is 11.3 Å². The smallest absolute Gasteiger partial charge is 0.161 e. The molecular weight excluding hydrogens is 242 g/mol. The van der Waals surface area contributed by atoms with Gasteiger partial charge in [-0.2, -0.15) is 0 Å². The van der Waals surface area contributed by atoms with Gasteiger partial charge in [-0.15, -0.1) is 0 Å². The van der Waals surface area contributed by atoms with Crippen LogP contribution < -0.4 is 14.8 Å². The zero-order chi connectivity index (χ0) is 13.7. The number of ether oxygens (including phenoxy) is 3. The third-order valence-corrected chi connectivity index (χ3v) is 3.12. The summed E-state index contributed by atoms with van der Waals surface area (Å²) in [5.74, 6) is 1.58. The van der Waals surface area contributed by atoms with Crippen molar-refractivity contribution in [1.29, 1.82) is 0 Å². The molecule has 19 heavy (non-hydrogen) atoms. The molecule has 2 rings (SSSR count). The summed E-state index contributed by atoms with van der Waals surface area (Å²) in [7, 11) is 1.67. The van der Waals surface area contributed by atoms with E-state index in [1.54, 1.807) is 7.11 Å². The predicted molar refractivity (Wildman–Crippen MR) is 74.8 cm³/mol. The number of hydrogen-bond acceptors (Lipinski definition) is 4. The summed E-state index contributed by atoms with van der Waals surface area (Å²) in [4.78, 5) is 0. The highest BCUT2D eigenvalue weighted by molar-refractivity contribution is 5.43. The number of rotatable bonds is 6. The first-order chi connectivity index (χ1) is 9.19. The number of nitrogens with one attached hydrogen (secondary N) is 1. The molecule has 0 aromatic heterocycles. The molecule has 1 atom stereocenters. The maximum absolute atomic E-state index is 5.91. The van der Waals surface area contributed by atoms with Crippen molar-refractivity contribution >= 4 is 0 Å². The Bertz CT molecular complexity index is 400. The average molecular weight is 265 g/mol. The molecule has 1 aromatic rings. The van der Waals surface area contributed by atoms with E-state index in [2.05, 4.69) is 25.2 Å². The Morgan fingerprint density at radius 2 is 2.21 bits per heavy atom. The van der Waals surface area contributed by atoms with E-state index >= 15 is 0 Å². The molecule has 1 N–H and O–H groups in total. The van der Waals surface area contributed by atoms with E-state index in [1.165, 1.54) is 5.56 Å². The lowest BCUT2D eigenvalue weighted by Gasteiger charge is -2.16. The molecule has 1 heterocycles. The Labute approximate surface area is 115 Å². The van der Waals surface area contributed by atoms with Crippen molar-refractivity contribution in [1.82, 2.24) is 5.32 Å². The van der Waals surface area contributed by atoms with Crippen LogP contribution in [0.4, 0.5) is 0 Å². The van der Waals surface area contributed by atoms with Gasteiger partial charge in [-0.05, 0) is 17.7 Å². The second-order valence-corrected chi connectivity index (χ2v) is 5.12. The van der Waals surface area contributed by atoms with Crippen LogP contribution in [0.5, 0.6) is 11.5 Å². The average Bonchev–Trinajstić information content (AvgIpc) is 2.90. The lowest BCUT2D eigenvalue weighted by molar-refractivity contribution is 0.138. The monoisotopic (exact) mass is 265 g/mol. The summed E-state index contributed by atoms with van der Waals surface area (Å²) in [6.45, 7) is 6.55. The van der Waals surface area contributed by atoms with Crippen molar-refractivity contribution in [2.24, 2.45) is 0 Å². The summed E-state index contributed by atoms with van der Waals surface area (Å²) in [5, 5.41) is 3.39. The van der Waals surface area contributed by atoms with Gasteiger partial charge in [-0.1, -0.05) is 19.9 Å². The van der Waals surface area contributed by atoms with Gasteiger partial charge in [-0.3, -0.25) is 0 Å². The highest BCUT2D eigenvalue weighted by Crippen LogP contribution is 2.30. The van der Waals surface area contributed by atoms with Gasteiger partial charge in [0.05, 0.1) is 20.3 Å². The second-order valence-electron chi connectivity index (χ2n) is 5.12. The highest BCUT2D eigenvalue weighted by Gasteiger charge is 2.19. The first-order valence-electron chi connectivity index (χ1n) is 6.83. The first-order valence-corrected chi connectivity index (χ1v) is 6.83. The Morgan fingerprint density at radius 3 is 2.84 bits per heavy atom. The van der Waals surface area contributed by atoms with Crippen molar-refractivity contribution in [3.8, 4) is 11.5 Å². The van der Waals surface area contributed by atoms with Crippen molar-refractivity contribution < 1.29 is 14.2 Å². The lowest BCUT2D eigenvalue weighted by Crippen LogP contribution is -2.22. The van der Waals surface area contributed by atoms with E-state index in [0.29, 0.717) is 12.6 Å². The Kier molecular flexibility index (Phi) is 5.05. The van der Waals surface area contributed by atoms with Gasteiger partial charge < -0.3 is 19.5 Å². The van der Waals surface area contributed by atoms with E-state index in [0.717, 1.165) is 31.1 Å². The normalized spacial score (nSPS) is 18.8. The molecule has 1 aliphatic heterocycles. The fourth-order valence-electron chi connectivity index (χ4n) is 2.03. The van der Waals surface area contributed by atoms with Gasteiger partial charge in [0.15, 0.2) is 11.5 Å². The van der Waals surface area contributed by atoms with Crippen molar-refractivity contribution in [3.05, 3.63) is 23.8 Å². The van der Waals surface area contributed by atoms with Gasteiger partial charge in [0.25, 0.3) is 0 Å². The molecular formula is C15H23NO3. The van der Waals surface area contributed by atoms with Gasteiger partial charge in [0.1, 0.15) is 6.10 Å². The molecule has 0 aliphatic carbocycles. The topological polar surface area (TPSA) is 39.7 Å². The van der Waals surface area contributed by atoms with Gasteiger partial charge in [-0.25, -0.2) is 0 Å². The third kappa shape index (κ3) is 4.11. The Hall–Kier alpha value is -1.26. The molecule has 0 bridgehead atoms. The minimum absolute atomic E-state index is 0.147. The van der Waals surface area contributed by atoms with E-state index in [-0.39, 0.29) is 6.10 Å². The molecule has 1 saturated heterocycles. The summed E-state index contributed by atoms with van der Waals surface area (Å²) < 4.78 is 16.6. The SMILES string of the molecule is COc1cc(CNC(C)C)ccc1OC1CCOC1. The largest absolute Gasteiger partial charge is 0.493 e. The second kappa shape index (κ2) is 6.78. The lowest BCUT2D eigenvalue weighted by atomic mass is 10.2. The molecule has 0 saturated carbocycles. The van der Waals surface area contributed by atoms with E-state index in [9.17, 15) is 0 Å². The molecule has 1 aromatic carbocycles. The molecule has 1 fully saturated rings. The molecule has 4 nitrogen and oxygen atoms in total. The Balaban J connectivity index is 2.02. The Morgan fingerprint density at radius 1 is 1.37 bits per heavy atom. The summed E-state index contributed by atoms with van der Waals surface area (Å²) >= 11 is 0. The highest BCUT2D eigenvalue weighted by atomic mass is 16.6. The molecule has 0 amide bonds. The summed E-state index contributed by atoms with van der Waals surface area (Å²) in [6.07, 6.45) is 1.09. The number of methoxy groups -OCH3 is 1. The van der Waals surface area contributed by atoms with Crippen molar-refractivity contribution in [2.45, 2.75) is 39.0 Å². The minimum Gasteiger partial charge on any atom is -0.493 e. The predicted octanol–water partition coefficient (Wildman–Crippen LogP) is 2.36. The van der Waals surface area contributed by atoms with Crippen LogP contribution in [0.2, 0.25) is 0 Å². The minimum atomic E-state index is 0.147. The van der Waals surface area contributed by atoms with Crippen LogP contribution in [0.25, 0.3) is 0 Å². The fourth-order valence-corrected chi connectivity index (χ4v) is 2.03. The van der Waals surface area contributed by atoms with E-state index in [4.69, 9.17) is 14.2 Å². The van der Waals surface area contributed by atoms with Gasteiger partial charge >= 0.3 is 0 Å². The maximum Gasteiger partial charge on any atom is 0.161 e. The number of hydrogen-bond donors (Lipinski definition) is 1. The van der Waals surface area contributed by atoms with Crippen LogP contribution in [-0.4, -0.2) is 32.5 Å². The maximum atomic E-state index is 5.91. The zero-order valence-electron chi connectivity index (χ0n) is 11.9. The molecule has 0 radical (unpaired) electrons. The number of benzene rings is 1. The van der Waals surface area contributed by atoms with Gasteiger partial charge in [0, 0.05) is 19.0 Å². The van der Waals surface area contributed by atoms with Crippen LogP contribution >= 0.6 is 0 Å².